The number of nitro benzene ring substituents is 1. The number of nitrogens with zero attached hydrogens (tertiary/aromatic N) is 1. The molecule has 0 radical (unpaired) electrons. The Labute approximate surface area is 864 Å². The molecule has 16 aromatic rings. The molecule has 146 heavy (non-hydrogen) atoms. The first-order valence-corrected chi connectivity index (χ1v) is 51.5. The van der Waals surface area contributed by atoms with Crippen molar-refractivity contribution >= 4 is 11.3 Å². The van der Waals surface area contributed by atoms with Crippen LogP contribution in [-0.2, 0) is 0 Å². The number of hydrogen-bond acceptors (Lipinski definition) is 10. The molecule has 0 aliphatic heterocycles. The Morgan fingerprint density at radius 1 is 0.329 bits per heavy atom. The maximum absolute atomic E-state index is 13.8. The van der Waals surface area contributed by atoms with Gasteiger partial charge in [0.15, 0.2) is 23.1 Å². The SMILES string of the molecule is CCC(NCCC(c1ccccc1)c1ccccc1)c1ccc(C)cc1.CCC(NCCC(c1ccccc1)c1ccccc1)c1cccc(C)c1.CCC(NCCC(c1ccccc1)c1ccccc1)c1cccc([N+](=O)[O-])c1.COc1ccc(/C(=C\CN)c2cccc(F)c2)cc1F.COc1ccc(C(CCN)c2cccc(F)c2)cc1F.c1ccc(C(CCNC(c2ccccc2)C2CC2)c2ccccc2)cc1. The van der Waals surface area contributed by atoms with Crippen LogP contribution >= 0.6 is 0 Å². The van der Waals surface area contributed by atoms with Crippen LogP contribution in [0, 0.1) is 53.1 Å². The summed E-state index contributed by atoms with van der Waals surface area (Å²) in [6, 6.07) is 145. The fourth-order valence-corrected chi connectivity index (χ4v) is 19.2. The standard InChI is InChI=1S/C25H27N.2C25H29N.C24H26N2O2.C16H17F2NO.C16H15F2NO/c1-4-10-20(11-5-1)24(21-12-6-2-7-13-21)18-19-26-25(23-16-17-23)22-14-8-3-9-15-22;1-3-25(23-16-10-11-20(2)19-23)26-18-17-24(21-12-6-4-7-13-21)22-14-8-5-9-15-22;1-3-25(23-16-14-20(2)15-17-23)26-19-18-24(21-10-6-4-7-11-21)22-12-8-5-9-13-22;1-2-24(21-14-9-15-22(18-21)26(27)28)25-17-16-23(19-10-5-3-6-11-19)20-12-7-4-8-13-20;2*1-20-16-6-5-12(10-15(16)18)14(7-8-19)11-3-2-4-13(17)9-11/h1-15,23-26H,16-19H2;4-16,19,24-26H,3,17-18H2,1-2H3;4-17,24-26H,3,18-19H2,1-2H3;3-15,18,23-25H,2,16-17H2,1H3;2-6,9-10,14H,7-8,19H2,1H3;2-7,9-10H,8,19H2,1H3/b;;;;;14-7-. The maximum Gasteiger partial charge on any atom is 0.269 e. The van der Waals surface area contributed by atoms with E-state index in [-0.39, 0.29) is 52.2 Å². The summed E-state index contributed by atoms with van der Waals surface area (Å²) in [5.74, 6) is 1.11. The summed E-state index contributed by atoms with van der Waals surface area (Å²) in [6.07, 6.45) is 12.4. The zero-order chi connectivity index (χ0) is 103. The molecule has 0 bridgehead atoms. The molecule has 17 rings (SSSR count). The molecule has 1 saturated carbocycles. The van der Waals surface area contributed by atoms with E-state index in [0.29, 0.717) is 71.5 Å². The summed E-state index contributed by atoms with van der Waals surface area (Å²) in [5, 5.41) is 26.1. The average molecular weight is 1960 g/mol. The molecule has 16 aromatic carbocycles. The van der Waals surface area contributed by atoms with Crippen LogP contribution in [0.25, 0.3) is 5.57 Å². The minimum Gasteiger partial charge on any atom is -0.494 e. The Hall–Kier alpha value is -14.3. The van der Waals surface area contributed by atoms with Crippen molar-refractivity contribution in [3.8, 4) is 11.5 Å². The number of aryl methyl sites for hydroxylation is 2. The van der Waals surface area contributed by atoms with Crippen LogP contribution in [0.2, 0.25) is 0 Å². The summed E-state index contributed by atoms with van der Waals surface area (Å²) in [6.45, 7) is 15.5. The molecule has 1 aliphatic rings. The number of benzene rings is 16. The number of non-ortho nitro benzene ring substituents is 1. The highest BCUT2D eigenvalue weighted by Gasteiger charge is 2.32. The van der Waals surface area contributed by atoms with Crippen molar-refractivity contribution in [2.24, 2.45) is 17.4 Å². The summed E-state index contributed by atoms with van der Waals surface area (Å²) in [7, 11) is 2.82. The second kappa shape index (κ2) is 60.5. The van der Waals surface area contributed by atoms with Gasteiger partial charge >= 0.3 is 0 Å². The van der Waals surface area contributed by atoms with Crippen molar-refractivity contribution < 1.29 is 32.0 Å². The van der Waals surface area contributed by atoms with Gasteiger partial charge in [-0.05, 0) is 260 Å². The minimum atomic E-state index is -0.468. The van der Waals surface area contributed by atoms with Gasteiger partial charge in [-0.15, -0.1) is 0 Å². The fourth-order valence-electron chi connectivity index (χ4n) is 19.2. The number of rotatable bonds is 42. The van der Waals surface area contributed by atoms with Gasteiger partial charge in [0.1, 0.15) is 11.6 Å². The van der Waals surface area contributed by atoms with Crippen molar-refractivity contribution in [1.29, 1.82) is 0 Å². The predicted molar refractivity (Wildman–Crippen MR) is 596 cm³/mol. The summed E-state index contributed by atoms with van der Waals surface area (Å²) < 4.78 is 64.1. The van der Waals surface area contributed by atoms with Gasteiger partial charge < -0.3 is 42.2 Å². The van der Waals surface area contributed by atoms with Crippen molar-refractivity contribution in [2.45, 2.75) is 153 Å². The lowest BCUT2D eigenvalue weighted by atomic mass is 9.88. The minimum absolute atomic E-state index is 0.104. The van der Waals surface area contributed by atoms with E-state index >= 15 is 0 Å². The molecule has 0 aromatic heterocycles. The average Bonchev–Trinajstić information content (AvgIpc) is 1.13. The van der Waals surface area contributed by atoms with E-state index in [4.69, 9.17) is 20.9 Å². The van der Waals surface area contributed by atoms with Gasteiger partial charge in [-0.3, -0.25) is 10.1 Å². The Kier molecular flexibility index (Phi) is 45.8. The molecule has 0 amide bonds. The van der Waals surface area contributed by atoms with Crippen LogP contribution in [0.15, 0.2) is 437 Å². The number of ether oxygens (including phenoxy) is 2. The van der Waals surface area contributed by atoms with E-state index in [9.17, 15) is 27.7 Å². The molecular weight excluding hydrogens is 1810 g/mol. The Morgan fingerprint density at radius 2 is 0.651 bits per heavy atom. The maximum atomic E-state index is 13.8. The molecule has 0 saturated heterocycles. The highest BCUT2D eigenvalue weighted by molar-refractivity contribution is 5.80. The van der Waals surface area contributed by atoms with Crippen LogP contribution in [0.1, 0.15) is 239 Å². The van der Waals surface area contributed by atoms with E-state index in [2.05, 4.69) is 365 Å². The van der Waals surface area contributed by atoms with Crippen molar-refractivity contribution in [3.63, 3.8) is 0 Å². The molecule has 1 aliphatic carbocycles. The lowest BCUT2D eigenvalue weighted by Crippen LogP contribution is -2.25. The second-order valence-electron chi connectivity index (χ2n) is 37.0. The molecule has 8 N–H and O–H groups in total. The number of nitro groups is 1. The lowest BCUT2D eigenvalue weighted by molar-refractivity contribution is -0.384. The molecule has 0 heterocycles. The van der Waals surface area contributed by atoms with Crippen LogP contribution in [0.4, 0.5) is 23.2 Å². The number of halogens is 4. The van der Waals surface area contributed by atoms with E-state index in [0.717, 1.165) is 93.7 Å². The first-order valence-electron chi connectivity index (χ1n) is 51.5. The number of methoxy groups -OCH3 is 2. The zero-order valence-electron chi connectivity index (χ0n) is 85.4. The van der Waals surface area contributed by atoms with E-state index in [1.165, 1.54) is 148 Å². The van der Waals surface area contributed by atoms with Gasteiger partial charge in [-0.2, -0.15) is 0 Å². The molecular formula is C131H143F4N7O4. The number of nitrogens with two attached hydrogens (primary N) is 2. The lowest BCUT2D eigenvalue weighted by Gasteiger charge is -2.22. The van der Waals surface area contributed by atoms with Crippen LogP contribution in [0.5, 0.6) is 11.5 Å². The van der Waals surface area contributed by atoms with Gasteiger partial charge in [-0.1, -0.05) is 408 Å². The summed E-state index contributed by atoms with van der Waals surface area (Å²) in [5.41, 5.74) is 33.6. The molecule has 754 valence electrons. The highest BCUT2D eigenvalue weighted by atomic mass is 19.1. The third-order valence-corrected chi connectivity index (χ3v) is 27.0. The fraction of sp³-hybridized carbons (Fsp3) is 0.252. The number of nitrogens with one attached hydrogen (secondary N) is 4. The van der Waals surface area contributed by atoms with Crippen LogP contribution in [0.3, 0.4) is 0 Å². The van der Waals surface area contributed by atoms with Gasteiger partial charge in [0.25, 0.3) is 5.69 Å². The van der Waals surface area contributed by atoms with Gasteiger partial charge in [0, 0.05) is 72.4 Å². The molecule has 5 unspecified atom stereocenters. The Balaban J connectivity index is 0.000000157. The van der Waals surface area contributed by atoms with Gasteiger partial charge in [-0.25, -0.2) is 17.6 Å². The topological polar surface area (TPSA) is 162 Å². The Morgan fingerprint density at radius 3 is 1.01 bits per heavy atom. The summed E-state index contributed by atoms with van der Waals surface area (Å²) >= 11 is 0. The summed E-state index contributed by atoms with van der Waals surface area (Å²) in [4.78, 5) is 10.7. The molecule has 15 heteroatoms. The van der Waals surface area contributed by atoms with Crippen molar-refractivity contribution in [1.82, 2.24) is 21.3 Å². The second-order valence-corrected chi connectivity index (χ2v) is 37.0. The third-order valence-electron chi connectivity index (χ3n) is 27.0. The van der Waals surface area contributed by atoms with Gasteiger partial charge in [0.05, 0.1) is 19.1 Å². The smallest absolute Gasteiger partial charge is 0.269 e. The van der Waals surface area contributed by atoms with Gasteiger partial charge in [0.2, 0.25) is 0 Å². The van der Waals surface area contributed by atoms with E-state index in [1.54, 1.807) is 54.6 Å². The quantitative estimate of drug-likeness (QED) is 0.0123. The number of hydrogen-bond donors (Lipinski definition) is 6. The van der Waals surface area contributed by atoms with Crippen LogP contribution < -0.4 is 42.2 Å². The molecule has 0 spiro atoms. The zero-order valence-corrected chi connectivity index (χ0v) is 85.4. The first-order chi connectivity index (χ1) is 71.5. The van der Waals surface area contributed by atoms with E-state index in [1.807, 2.05) is 24.3 Å². The Bertz CT molecular complexity index is 6300. The van der Waals surface area contributed by atoms with Crippen LogP contribution in [-0.4, -0.2) is 58.4 Å². The molecule has 5 atom stereocenters. The van der Waals surface area contributed by atoms with E-state index < -0.39 is 11.6 Å². The third kappa shape index (κ3) is 34.8. The van der Waals surface area contributed by atoms with Crippen molar-refractivity contribution in [2.75, 3.05) is 53.5 Å². The normalized spacial score (nSPS) is 12.6. The molecule has 1 fully saturated rings. The molecule has 11 nitrogen and oxygen atoms in total. The monoisotopic (exact) mass is 1950 g/mol. The van der Waals surface area contributed by atoms with Crippen molar-refractivity contribution in [3.05, 3.63) is 570 Å². The predicted octanol–water partition coefficient (Wildman–Crippen LogP) is 31.1. The first kappa shape index (κ1) is 111. The highest BCUT2D eigenvalue weighted by Crippen LogP contribution is 2.42. The largest absolute Gasteiger partial charge is 0.494 e.